The maximum Gasteiger partial charge on any atom is 0.237 e. The number of nitrogens with one attached hydrogen (secondary N) is 1. The van der Waals surface area contributed by atoms with E-state index in [9.17, 15) is 18.0 Å². The molecule has 0 aromatic heterocycles. The number of carbonyl (C=O) groups excluding carboxylic acids is 2. The standard InChI is InChI=1S/C14H28N4O4S/c1-10(2)18-7-5-11(6-8-18)16-23(21,22)12(14(15)20)9-13(19)17(3)4/h10-12,16H,5-9H2,1-4H3,(H2,15,20). The lowest BCUT2D eigenvalue weighted by Crippen LogP contribution is -2.51. The molecule has 0 saturated carbocycles. The van der Waals surface area contributed by atoms with Crippen LogP contribution in [0.5, 0.6) is 0 Å². The number of nitrogens with zero attached hydrogens (tertiary/aromatic N) is 2. The van der Waals surface area contributed by atoms with E-state index in [2.05, 4.69) is 23.5 Å². The van der Waals surface area contributed by atoms with Crippen LogP contribution in [0, 0.1) is 0 Å². The van der Waals surface area contributed by atoms with Crippen LogP contribution in [0.1, 0.15) is 33.1 Å². The minimum Gasteiger partial charge on any atom is -0.368 e. The molecule has 23 heavy (non-hydrogen) atoms. The molecule has 0 spiro atoms. The Balaban J connectivity index is 2.72. The van der Waals surface area contributed by atoms with Crippen molar-refractivity contribution in [2.45, 2.75) is 50.4 Å². The number of carbonyl (C=O) groups is 2. The first-order chi connectivity index (χ1) is 10.5. The fourth-order valence-electron chi connectivity index (χ4n) is 2.55. The number of hydrogen-bond donors (Lipinski definition) is 2. The maximum atomic E-state index is 12.4. The summed E-state index contributed by atoms with van der Waals surface area (Å²) in [7, 11) is -0.974. The molecule has 0 aromatic carbocycles. The Hall–Kier alpha value is -1.19. The van der Waals surface area contributed by atoms with Crippen molar-refractivity contribution >= 4 is 21.8 Å². The normalized spacial score (nSPS) is 18.8. The maximum absolute atomic E-state index is 12.4. The van der Waals surface area contributed by atoms with Gasteiger partial charge in [-0.3, -0.25) is 9.59 Å². The van der Waals surface area contributed by atoms with Crippen LogP contribution in [-0.4, -0.2) is 74.6 Å². The number of likely N-dealkylation sites (tertiary alicyclic amines) is 1. The average molecular weight is 348 g/mol. The second-order valence-electron chi connectivity index (χ2n) is 6.45. The van der Waals surface area contributed by atoms with E-state index in [0.29, 0.717) is 18.9 Å². The van der Waals surface area contributed by atoms with Crippen LogP contribution in [0.3, 0.4) is 0 Å². The highest BCUT2D eigenvalue weighted by atomic mass is 32.2. The Morgan fingerprint density at radius 2 is 1.78 bits per heavy atom. The van der Waals surface area contributed by atoms with Gasteiger partial charge in [-0.2, -0.15) is 0 Å². The minimum absolute atomic E-state index is 0.230. The average Bonchev–Trinajstić information content (AvgIpc) is 2.43. The summed E-state index contributed by atoms with van der Waals surface area (Å²) in [6, 6.07) is 0.190. The quantitative estimate of drug-likeness (QED) is 0.620. The van der Waals surface area contributed by atoms with Crippen LogP contribution in [0.2, 0.25) is 0 Å². The molecule has 1 unspecified atom stereocenters. The molecular formula is C14H28N4O4S. The Morgan fingerprint density at radius 3 is 2.17 bits per heavy atom. The number of rotatable bonds is 7. The van der Waals surface area contributed by atoms with Crippen LogP contribution in [0.15, 0.2) is 0 Å². The van der Waals surface area contributed by atoms with E-state index < -0.39 is 33.5 Å². The first-order valence-corrected chi connectivity index (χ1v) is 9.34. The van der Waals surface area contributed by atoms with Crippen molar-refractivity contribution in [3.05, 3.63) is 0 Å². The summed E-state index contributed by atoms with van der Waals surface area (Å²) >= 11 is 0. The summed E-state index contributed by atoms with van der Waals surface area (Å²) in [6.07, 6.45) is 0.900. The molecule has 1 atom stereocenters. The molecule has 1 fully saturated rings. The van der Waals surface area contributed by atoms with Gasteiger partial charge in [0.05, 0.1) is 6.42 Å². The lowest BCUT2D eigenvalue weighted by Gasteiger charge is -2.35. The molecule has 3 N–H and O–H groups in total. The first-order valence-electron chi connectivity index (χ1n) is 7.79. The SMILES string of the molecule is CC(C)N1CCC(NS(=O)(=O)C(CC(=O)N(C)C)C(N)=O)CC1. The Bertz CT molecular complexity index is 525. The van der Waals surface area contributed by atoms with Crippen LogP contribution < -0.4 is 10.5 Å². The van der Waals surface area contributed by atoms with Crippen molar-refractivity contribution in [3.63, 3.8) is 0 Å². The number of piperidine rings is 1. The second kappa shape index (κ2) is 8.07. The van der Waals surface area contributed by atoms with Gasteiger partial charge in [0.1, 0.15) is 0 Å². The van der Waals surface area contributed by atoms with E-state index in [0.717, 1.165) is 13.1 Å². The predicted octanol–water partition coefficient (Wildman–Crippen LogP) is -0.889. The second-order valence-corrected chi connectivity index (χ2v) is 8.34. The van der Waals surface area contributed by atoms with Gasteiger partial charge in [0.2, 0.25) is 21.8 Å². The molecule has 0 bridgehead atoms. The van der Waals surface area contributed by atoms with Gasteiger partial charge >= 0.3 is 0 Å². The summed E-state index contributed by atoms with van der Waals surface area (Å²) in [5.41, 5.74) is 5.20. The van der Waals surface area contributed by atoms with Crippen molar-refractivity contribution in [1.82, 2.24) is 14.5 Å². The highest BCUT2D eigenvalue weighted by molar-refractivity contribution is 7.90. The minimum atomic E-state index is -3.98. The summed E-state index contributed by atoms with van der Waals surface area (Å²) in [5, 5.41) is -1.54. The fourth-order valence-corrected chi connectivity index (χ4v) is 4.08. The van der Waals surface area contributed by atoms with Crippen LogP contribution in [0.4, 0.5) is 0 Å². The molecular weight excluding hydrogens is 320 g/mol. The lowest BCUT2D eigenvalue weighted by molar-refractivity contribution is -0.130. The molecule has 1 rings (SSSR count). The van der Waals surface area contributed by atoms with Gasteiger partial charge in [0.15, 0.2) is 5.25 Å². The molecule has 0 radical (unpaired) electrons. The predicted molar refractivity (Wildman–Crippen MR) is 88.1 cm³/mol. The van der Waals surface area contributed by atoms with Gasteiger partial charge in [-0.25, -0.2) is 13.1 Å². The van der Waals surface area contributed by atoms with E-state index in [-0.39, 0.29) is 6.04 Å². The molecule has 8 nitrogen and oxygen atoms in total. The molecule has 134 valence electrons. The third-order valence-corrected chi connectivity index (χ3v) is 5.95. The highest BCUT2D eigenvalue weighted by Crippen LogP contribution is 2.16. The van der Waals surface area contributed by atoms with Crippen LogP contribution in [-0.2, 0) is 19.6 Å². The third-order valence-electron chi connectivity index (χ3n) is 4.14. The van der Waals surface area contributed by atoms with Crippen LogP contribution >= 0.6 is 0 Å². The van der Waals surface area contributed by atoms with Gasteiger partial charge in [-0.1, -0.05) is 0 Å². The first kappa shape index (κ1) is 19.9. The summed E-state index contributed by atoms with van der Waals surface area (Å²) in [6.45, 7) is 5.78. The van der Waals surface area contributed by atoms with Gasteiger partial charge in [-0.15, -0.1) is 0 Å². The van der Waals surface area contributed by atoms with E-state index in [1.807, 2.05) is 0 Å². The largest absolute Gasteiger partial charge is 0.368 e. The van der Waals surface area contributed by atoms with Crippen molar-refractivity contribution in [2.24, 2.45) is 5.73 Å². The Morgan fingerprint density at radius 1 is 1.26 bits per heavy atom. The molecule has 1 aliphatic rings. The number of primary amides is 1. The third kappa shape index (κ3) is 5.74. The molecule has 1 saturated heterocycles. The van der Waals surface area contributed by atoms with Gasteiger partial charge in [0.25, 0.3) is 0 Å². The van der Waals surface area contributed by atoms with Crippen molar-refractivity contribution in [2.75, 3.05) is 27.2 Å². The van der Waals surface area contributed by atoms with E-state index in [4.69, 9.17) is 5.73 Å². The van der Waals surface area contributed by atoms with Crippen LogP contribution in [0.25, 0.3) is 0 Å². The van der Waals surface area contributed by atoms with E-state index in [1.165, 1.54) is 19.0 Å². The summed E-state index contributed by atoms with van der Waals surface area (Å²) < 4.78 is 27.4. The van der Waals surface area contributed by atoms with E-state index >= 15 is 0 Å². The molecule has 0 aromatic rings. The van der Waals surface area contributed by atoms with E-state index in [1.54, 1.807) is 0 Å². The zero-order valence-corrected chi connectivity index (χ0v) is 15.1. The molecule has 1 heterocycles. The molecule has 1 aliphatic heterocycles. The van der Waals surface area contributed by atoms with Gasteiger partial charge in [0, 0.05) is 26.2 Å². The monoisotopic (exact) mass is 348 g/mol. The summed E-state index contributed by atoms with van der Waals surface area (Å²) in [5.74, 6) is -1.46. The molecule has 2 amide bonds. The smallest absolute Gasteiger partial charge is 0.237 e. The lowest BCUT2D eigenvalue weighted by atomic mass is 10.1. The number of nitrogens with two attached hydrogens (primary N) is 1. The molecule has 0 aliphatic carbocycles. The van der Waals surface area contributed by atoms with Crippen molar-refractivity contribution < 1.29 is 18.0 Å². The highest BCUT2D eigenvalue weighted by Gasteiger charge is 2.36. The fraction of sp³-hybridized carbons (Fsp3) is 0.857. The Kier molecular flexibility index (Phi) is 6.97. The zero-order valence-electron chi connectivity index (χ0n) is 14.3. The topological polar surface area (TPSA) is 113 Å². The van der Waals surface area contributed by atoms with Gasteiger partial charge in [-0.05, 0) is 39.8 Å². The molecule has 9 heteroatoms. The van der Waals surface area contributed by atoms with Gasteiger partial charge < -0.3 is 15.5 Å². The number of hydrogen-bond acceptors (Lipinski definition) is 5. The van der Waals surface area contributed by atoms with Crippen molar-refractivity contribution in [3.8, 4) is 0 Å². The zero-order chi connectivity index (χ0) is 17.8. The Labute approximate surface area is 138 Å². The number of amides is 2. The summed E-state index contributed by atoms with van der Waals surface area (Å²) in [4.78, 5) is 26.8. The number of sulfonamides is 1. The van der Waals surface area contributed by atoms with Crippen molar-refractivity contribution in [1.29, 1.82) is 0 Å².